The number of hydrogen-bond acceptors (Lipinski definition) is 7. The molecule has 0 bridgehead atoms. The molecule has 28 heavy (non-hydrogen) atoms. The number of rotatable bonds is 5. The molecule has 3 aromatic rings. The van der Waals surface area contributed by atoms with Gasteiger partial charge in [-0.25, -0.2) is 10.1 Å². The molecule has 9 nitrogen and oxygen atoms in total. The third-order valence-electron chi connectivity index (χ3n) is 4.51. The molecule has 0 unspecified atom stereocenters. The van der Waals surface area contributed by atoms with Crippen molar-refractivity contribution in [3.05, 3.63) is 40.7 Å². The lowest BCUT2D eigenvalue weighted by Gasteiger charge is -2.01. The zero-order valence-corrected chi connectivity index (χ0v) is 15.5. The molecule has 10 heteroatoms. The first kappa shape index (κ1) is 16.9. The van der Waals surface area contributed by atoms with Crippen LogP contribution < -0.4 is 15.4 Å². The maximum absolute atomic E-state index is 12.4. The van der Waals surface area contributed by atoms with Gasteiger partial charge in [-0.05, 0) is 36.6 Å². The summed E-state index contributed by atoms with van der Waals surface area (Å²) in [5.41, 5.74) is 2.38. The molecule has 0 saturated heterocycles. The van der Waals surface area contributed by atoms with Crippen LogP contribution in [-0.2, 0) is 6.42 Å². The predicted octanol–water partition coefficient (Wildman–Crippen LogP) is 2.01. The van der Waals surface area contributed by atoms with E-state index in [1.54, 1.807) is 5.38 Å². The highest BCUT2D eigenvalue weighted by Crippen LogP contribution is 2.32. The van der Waals surface area contributed by atoms with E-state index >= 15 is 0 Å². The first-order valence-corrected chi connectivity index (χ1v) is 9.80. The van der Waals surface area contributed by atoms with E-state index in [0.29, 0.717) is 6.61 Å². The fraction of sp³-hybridized carbons (Fsp3) is 0.278. The van der Waals surface area contributed by atoms with Crippen molar-refractivity contribution in [2.45, 2.75) is 25.3 Å². The summed E-state index contributed by atoms with van der Waals surface area (Å²) in [7, 11) is 0. The van der Waals surface area contributed by atoms with Crippen molar-refractivity contribution >= 4 is 29.1 Å². The number of aromatic amines is 1. The summed E-state index contributed by atoms with van der Waals surface area (Å²) in [5, 5.41) is 14.2. The second-order valence-electron chi connectivity index (χ2n) is 6.67. The van der Waals surface area contributed by atoms with Crippen LogP contribution in [0.15, 0.2) is 23.6 Å². The summed E-state index contributed by atoms with van der Waals surface area (Å²) < 4.78 is 5.52. The van der Waals surface area contributed by atoms with E-state index in [1.807, 2.05) is 18.2 Å². The van der Waals surface area contributed by atoms with Gasteiger partial charge in [0.25, 0.3) is 11.8 Å². The average molecular weight is 396 g/mol. The number of carbonyl (C=O) groups excluding carboxylic acids is 2. The van der Waals surface area contributed by atoms with Crippen molar-refractivity contribution in [2.75, 3.05) is 11.9 Å². The van der Waals surface area contributed by atoms with Crippen molar-refractivity contribution in [1.29, 1.82) is 0 Å². The van der Waals surface area contributed by atoms with Gasteiger partial charge in [0.05, 0.1) is 6.61 Å². The quantitative estimate of drug-likeness (QED) is 0.606. The van der Waals surface area contributed by atoms with Crippen LogP contribution in [0.4, 0.5) is 5.95 Å². The third kappa shape index (κ3) is 3.33. The Labute approximate surface area is 163 Å². The SMILES string of the molecule is O=C(Nc1nc(C(=O)NC2CC2)n[nH]1)c1csc(-c2ccc3c(c2)CCO3)n1. The van der Waals surface area contributed by atoms with Crippen molar-refractivity contribution in [1.82, 2.24) is 25.5 Å². The summed E-state index contributed by atoms with van der Waals surface area (Å²) >= 11 is 1.39. The molecule has 3 N–H and O–H groups in total. The van der Waals surface area contributed by atoms with E-state index in [9.17, 15) is 9.59 Å². The van der Waals surface area contributed by atoms with Crippen molar-refractivity contribution in [3.63, 3.8) is 0 Å². The summed E-state index contributed by atoms with van der Waals surface area (Å²) in [5.74, 6) is 0.245. The van der Waals surface area contributed by atoms with Gasteiger partial charge in [-0.15, -0.1) is 16.4 Å². The molecule has 1 aliphatic heterocycles. The standard InChI is InChI=1S/C18H16N6O3S/c25-15(22-18-21-14(23-24-18)16(26)19-11-2-3-11)12-8-28-17(20-12)10-1-4-13-9(7-10)5-6-27-13/h1,4,7-8,11H,2-3,5-6H2,(H,19,26)(H2,21,22,23,24,25). The molecule has 2 aromatic heterocycles. The molecule has 0 atom stereocenters. The van der Waals surface area contributed by atoms with Gasteiger partial charge >= 0.3 is 0 Å². The zero-order chi connectivity index (χ0) is 19.1. The number of nitrogens with zero attached hydrogens (tertiary/aromatic N) is 3. The summed E-state index contributed by atoms with van der Waals surface area (Å²) in [6.07, 6.45) is 2.83. The number of H-pyrrole nitrogens is 1. The Morgan fingerprint density at radius 2 is 2.11 bits per heavy atom. The normalized spacial score (nSPS) is 15.0. The van der Waals surface area contributed by atoms with E-state index in [-0.39, 0.29) is 29.4 Å². The van der Waals surface area contributed by atoms with Crippen LogP contribution in [-0.4, -0.2) is 44.6 Å². The van der Waals surface area contributed by atoms with E-state index in [1.165, 1.54) is 11.3 Å². The molecule has 1 saturated carbocycles. The largest absolute Gasteiger partial charge is 0.493 e. The first-order chi connectivity index (χ1) is 13.7. The van der Waals surface area contributed by atoms with Gasteiger partial charge in [0.2, 0.25) is 11.8 Å². The molecule has 2 aliphatic rings. The molecule has 1 aliphatic carbocycles. The van der Waals surface area contributed by atoms with Gasteiger partial charge in [-0.1, -0.05) is 0 Å². The highest BCUT2D eigenvalue weighted by molar-refractivity contribution is 7.13. The molecule has 0 spiro atoms. The summed E-state index contributed by atoms with van der Waals surface area (Å²) in [4.78, 5) is 32.8. The summed E-state index contributed by atoms with van der Waals surface area (Å²) in [6, 6.07) is 6.13. The number of nitrogens with one attached hydrogen (secondary N) is 3. The van der Waals surface area contributed by atoms with E-state index in [0.717, 1.165) is 41.1 Å². The van der Waals surface area contributed by atoms with Crippen molar-refractivity contribution < 1.29 is 14.3 Å². The lowest BCUT2D eigenvalue weighted by molar-refractivity contribution is 0.0940. The average Bonchev–Trinajstić information content (AvgIpc) is 3.12. The number of anilines is 1. The topological polar surface area (TPSA) is 122 Å². The van der Waals surface area contributed by atoms with Gasteiger partial charge < -0.3 is 10.1 Å². The molecular formula is C18H16N6O3S. The van der Waals surface area contributed by atoms with E-state index in [4.69, 9.17) is 4.74 Å². The number of aromatic nitrogens is 4. The minimum atomic E-state index is -0.419. The number of thiazole rings is 1. The number of fused-ring (bicyclic) bond motifs is 1. The van der Waals surface area contributed by atoms with Crippen molar-refractivity contribution in [3.8, 4) is 16.3 Å². The monoisotopic (exact) mass is 396 g/mol. The second kappa shape index (κ2) is 6.71. The van der Waals surface area contributed by atoms with Crippen LogP contribution in [0.25, 0.3) is 10.6 Å². The van der Waals surface area contributed by atoms with Crippen LogP contribution >= 0.6 is 11.3 Å². The van der Waals surface area contributed by atoms with Gasteiger partial charge in [0.15, 0.2) is 0 Å². The number of hydrogen-bond donors (Lipinski definition) is 3. The lowest BCUT2D eigenvalue weighted by atomic mass is 10.1. The minimum Gasteiger partial charge on any atom is -0.493 e. The van der Waals surface area contributed by atoms with E-state index < -0.39 is 5.91 Å². The smallest absolute Gasteiger partial charge is 0.291 e. The molecule has 1 aromatic carbocycles. The highest BCUT2D eigenvalue weighted by Gasteiger charge is 2.26. The lowest BCUT2D eigenvalue weighted by Crippen LogP contribution is -2.26. The second-order valence-corrected chi connectivity index (χ2v) is 7.53. The van der Waals surface area contributed by atoms with Crippen LogP contribution in [0.5, 0.6) is 5.75 Å². The Balaban J connectivity index is 1.27. The Morgan fingerprint density at radius 1 is 1.21 bits per heavy atom. The van der Waals surface area contributed by atoms with Gasteiger partial charge in [-0.3, -0.25) is 14.9 Å². The molecular weight excluding hydrogens is 380 g/mol. The Kier molecular flexibility index (Phi) is 4.05. The predicted molar refractivity (Wildman–Crippen MR) is 102 cm³/mol. The Bertz CT molecular complexity index is 1070. The van der Waals surface area contributed by atoms with Gasteiger partial charge in [0.1, 0.15) is 16.5 Å². The number of ether oxygens (including phenoxy) is 1. The number of carbonyl (C=O) groups is 2. The zero-order valence-electron chi connectivity index (χ0n) is 14.7. The maximum atomic E-state index is 12.4. The van der Waals surface area contributed by atoms with Gasteiger partial charge in [0, 0.05) is 23.4 Å². The fourth-order valence-electron chi connectivity index (χ4n) is 2.90. The minimum absolute atomic E-state index is 0.00141. The maximum Gasteiger partial charge on any atom is 0.291 e. The van der Waals surface area contributed by atoms with Crippen LogP contribution in [0.1, 0.15) is 39.5 Å². The Hall–Kier alpha value is -3.27. The summed E-state index contributed by atoms with van der Waals surface area (Å²) in [6.45, 7) is 0.697. The number of benzene rings is 1. The molecule has 5 rings (SSSR count). The van der Waals surface area contributed by atoms with Gasteiger partial charge in [-0.2, -0.15) is 4.98 Å². The Morgan fingerprint density at radius 3 is 2.96 bits per heavy atom. The molecule has 3 heterocycles. The molecule has 1 fully saturated rings. The number of amides is 2. The van der Waals surface area contributed by atoms with E-state index in [2.05, 4.69) is 30.8 Å². The fourth-order valence-corrected chi connectivity index (χ4v) is 3.70. The highest BCUT2D eigenvalue weighted by atomic mass is 32.1. The van der Waals surface area contributed by atoms with Crippen LogP contribution in [0, 0.1) is 0 Å². The van der Waals surface area contributed by atoms with Crippen LogP contribution in [0.3, 0.4) is 0 Å². The van der Waals surface area contributed by atoms with Crippen LogP contribution in [0.2, 0.25) is 0 Å². The van der Waals surface area contributed by atoms with Crippen molar-refractivity contribution in [2.24, 2.45) is 0 Å². The molecule has 2 amide bonds. The molecule has 142 valence electrons. The first-order valence-electron chi connectivity index (χ1n) is 8.92. The third-order valence-corrected chi connectivity index (χ3v) is 5.40. The molecule has 0 radical (unpaired) electrons.